The maximum atomic E-state index is 10.0. The molecule has 4 heteroatoms. The zero-order valence-electron chi connectivity index (χ0n) is 9.42. The van der Waals surface area contributed by atoms with Gasteiger partial charge in [0.2, 0.25) is 6.20 Å². The Balaban J connectivity index is 2.25. The molecule has 88 valence electrons. The summed E-state index contributed by atoms with van der Waals surface area (Å²) < 4.78 is 1.11. The van der Waals surface area contributed by atoms with E-state index < -0.39 is 0 Å². The lowest BCUT2D eigenvalue weighted by molar-refractivity contribution is -0.895. The van der Waals surface area contributed by atoms with Crippen molar-refractivity contribution in [2.24, 2.45) is 0 Å². The van der Waals surface area contributed by atoms with Crippen molar-refractivity contribution in [1.29, 1.82) is 0 Å². The highest BCUT2D eigenvalue weighted by atomic mass is 35.5. The van der Waals surface area contributed by atoms with Gasteiger partial charge in [-0.3, -0.25) is 5.21 Å². The van der Waals surface area contributed by atoms with Gasteiger partial charge in [-0.1, -0.05) is 29.8 Å². The van der Waals surface area contributed by atoms with E-state index in [9.17, 15) is 5.21 Å². The second-order valence-electron chi connectivity index (χ2n) is 4.01. The molecular formula is C14H10ClN2O+. The van der Waals surface area contributed by atoms with Gasteiger partial charge in [0.15, 0.2) is 0 Å². The Hall–Kier alpha value is -2.13. The third-order valence-corrected chi connectivity index (χ3v) is 3.01. The van der Waals surface area contributed by atoms with Crippen LogP contribution in [0, 0.1) is 0 Å². The first kappa shape index (κ1) is 11.0. The van der Waals surface area contributed by atoms with Gasteiger partial charge in [0, 0.05) is 22.4 Å². The molecule has 3 aromatic rings. The summed E-state index contributed by atoms with van der Waals surface area (Å²) in [6, 6.07) is 13.3. The van der Waals surface area contributed by atoms with Gasteiger partial charge in [0.25, 0.3) is 5.69 Å². The van der Waals surface area contributed by atoms with Gasteiger partial charge in [0.1, 0.15) is 5.15 Å². The molecule has 1 aromatic carbocycles. The molecule has 0 spiro atoms. The molecule has 2 aromatic heterocycles. The number of fused-ring (bicyclic) bond motifs is 1. The van der Waals surface area contributed by atoms with Crippen molar-refractivity contribution in [3.05, 3.63) is 60.0 Å². The molecule has 0 amide bonds. The lowest BCUT2D eigenvalue weighted by atomic mass is 10.1. The first-order valence-electron chi connectivity index (χ1n) is 5.50. The second-order valence-corrected chi connectivity index (χ2v) is 4.39. The van der Waals surface area contributed by atoms with E-state index in [4.69, 9.17) is 11.6 Å². The zero-order chi connectivity index (χ0) is 12.5. The summed E-state index contributed by atoms with van der Waals surface area (Å²) in [5.41, 5.74) is 1.66. The van der Waals surface area contributed by atoms with Gasteiger partial charge >= 0.3 is 0 Å². The smallest absolute Gasteiger partial charge is 0.265 e. The number of halogens is 1. The lowest BCUT2D eigenvalue weighted by Crippen LogP contribution is -2.32. The minimum absolute atomic E-state index is 0.412. The molecule has 2 heterocycles. The molecule has 0 saturated heterocycles. The summed E-state index contributed by atoms with van der Waals surface area (Å²) in [6.45, 7) is 0. The first-order valence-corrected chi connectivity index (χ1v) is 5.87. The van der Waals surface area contributed by atoms with Crippen molar-refractivity contribution >= 4 is 22.4 Å². The largest absolute Gasteiger partial charge is 0.285 e. The van der Waals surface area contributed by atoms with E-state index in [2.05, 4.69) is 4.98 Å². The van der Waals surface area contributed by atoms with E-state index >= 15 is 0 Å². The van der Waals surface area contributed by atoms with Gasteiger partial charge in [-0.15, -0.1) is 0 Å². The summed E-state index contributed by atoms with van der Waals surface area (Å²) in [4.78, 5) is 4.05. The van der Waals surface area contributed by atoms with Crippen molar-refractivity contribution in [2.75, 3.05) is 0 Å². The third kappa shape index (κ3) is 1.89. The Morgan fingerprint density at radius 3 is 2.61 bits per heavy atom. The summed E-state index contributed by atoms with van der Waals surface area (Å²) in [6.07, 6.45) is 3.33. The number of benzene rings is 1. The van der Waals surface area contributed by atoms with Crippen molar-refractivity contribution in [2.45, 2.75) is 0 Å². The van der Waals surface area contributed by atoms with Gasteiger partial charge in [-0.25, -0.2) is 4.98 Å². The van der Waals surface area contributed by atoms with Crippen LogP contribution >= 0.6 is 11.6 Å². The topological polar surface area (TPSA) is 37.0 Å². The van der Waals surface area contributed by atoms with Crippen LogP contribution < -0.4 is 4.73 Å². The van der Waals surface area contributed by atoms with Gasteiger partial charge in [0.05, 0.1) is 10.9 Å². The van der Waals surface area contributed by atoms with Crippen molar-refractivity contribution in [3.63, 3.8) is 0 Å². The van der Waals surface area contributed by atoms with E-state index in [-0.39, 0.29) is 0 Å². The molecule has 0 unspecified atom stereocenters. The molecule has 3 rings (SSSR count). The average molecular weight is 258 g/mol. The van der Waals surface area contributed by atoms with Gasteiger partial charge < -0.3 is 0 Å². The molecule has 0 saturated carbocycles. The Labute approximate surface area is 109 Å². The molecule has 18 heavy (non-hydrogen) atoms. The van der Waals surface area contributed by atoms with Crippen LogP contribution in [-0.4, -0.2) is 10.2 Å². The maximum absolute atomic E-state index is 10.0. The van der Waals surface area contributed by atoms with Crippen LogP contribution in [0.2, 0.25) is 5.15 Å². The molecule has 0 aliphatic heterocycles. The normalized spacial score (nSPS) is 10.7. The summed E-state index contributed by atoms with van der Waals surface area (Å²) in [5, 5.41) is 12.2. The van der Waals surface area contributed by atoms with Crippen molar-refractivity contribution < 1.29 is 9.94 Å². The van der Waals surface area contributed by atoms with Crippen LogP contribution in [0.25, 0.3) is 22.0 Å². The first-order chi connectivity index (χ1) is 8.74. The summed E-state index contributed by atoms with van der Waals surface area (Å²) in [7, 11) is 0. The Morgan fingerprint density at radius 2 is 1.83 bits per heavy atom. The molecule has 0 radical (unpaired) electrons. The standard InChI is InChI=1S/C14H10ClN2O/c15-14-7-12-9-17(18)13(6-11(12)8-16-14)10-4-2-1-3-5-10/h1-9,18H/q+1. The maximum Gasteiger partial charge on any atom is 0.265 e. The molecule has 0 aliphatic carbocycles. The molecule has 3 nitrogen and oxygen atoms in total. The number of aromatic nitrogens is 2. The third-order valence-electron chi connectivity index (χ3n) is 2.80. The SMILES string of the molecule is O[n+]1cc2cc(Cl)ncc2cc1-c1ccccc1. The quantitative estimate of drug-likeness (QED) is 0.413. The summed E-state index contributed by atoms with van der Waals surface area (Å²) in [5.74, 6) is 0. The van der Waals surface area contributed by atoms with Crippen molar-refractivity contribution in [3.8, 4) is 11.3 Å². The Kier molecular flexibility index (Phi) is 2.61. The van der Waals surface area contributed by atoms with E-state index in [1.54, 1.807) is 18.5 Å². The fourth-order valence-corrected chi connectivity index (χ4v) is 2.09. The molecule has 1 N–H and O–H groups in total. The zero-order valence-corrected chi connectivity index (χ0v) is 10.2. The molecule has 0 bridgehead atoms. The predicted octanol–water partition coefficient (Wildman–Crippen LogP) is 3.08. The summed E-state index contributed by atoms with van der Waals surface area (Å²) >= 11 is 5.83. The monoisotopic (exact) mass is 257 g/mol. The minimum atomic E-state index is 0.412. The minimum Gasteiger partial charge on any atom is -0.285 e. The van der Waals surface area contributed by atoms with E-state index in [0.717, 1.165) is 21.1 Å². The van der Waals surface area contributed by atoms with Crippen LogP contribution in [0.3, 0.4) is 0 Å². The Morgan fingerprint density at radius 1 is 1.06 bits per heavy atom. The van der Waals surface area contributed by atoms with Crippen LogP contribution in [0.5, 0.6) is 0 Å². The molecule has 0 atom stereocenters. The fourth-order valence-electron chi connectivity index (χ4n) is 1.93. The number of pyridine rings is 2. The molecule has 0 fully saturated rings. The van der Waals surface area contributed by atoms with Crippen LogP contribution in [0.15, 0.2) is 54.9 Å². The molecule has 0 aliphatic rings. The fraction of sp³-hybridized carbons (Fsp3) is 0. The molecular weight excluding hydrogens is 248 g/mol. The lowest BCUT2D eigenvalue weighted by Gasteiger charge is -2.00. The van der Waals surface area contributed by atoms with Gasteiger partial charge in [-0.2, -0.15) is 0 Å². The highest BCUT2D eigenvalue weighted by Gasteiger charge is 2.14. The van der Waals surface area contributed by atoms with E-state index in [1.807, 2.05) is 36.4 Å². The van der Waals surface area contributed by atoms with Crippen LogP contribution in [0.4, 0.5) is 0 Å². The number of hydrogen-bond acceptors (Lipinski definition) is 2. The average Bonchev–Trinajstić information content (AvgIpc) is 2.39. The Bertz CT molecular complexity index is 714. The second kappa shape index (κ2) is 4.27. The number of rotatable bonds is 1. The van der Waals surface area contributed by atoms with Crippen LogP contribution in [0.1, 0.15) is 0 Å². The highest BCUT2D eigenvalue weighted by Crippen LogP contribution is 2.21. The van der Waals surface area contributed by atoms with E-state index in [1.165, 1.54) is 0 Å². The highest BCUT2D eigenvalue weighted by molar-refractivity contribution is 6.30. The number of nitrogens with zero attached hydrogens (tertiary/aromatic N) is 2. The van der Waals surface area contributed by atoms with Crippen molar-refractivity contribution in [1.82, 2.24) is 4.98 Å². The number of hydrogen-bond donors (Lipinski definition) is 1. The predicted molar refractivity (Wildman–Crippen MR) is 69.6 cm³/mol. The van der Waals surface area contributed by atoms with E-state index in [0.29, 0.717) is 10.8 Å². The van der Waals surface area contributed by atoms with Gasteiger partial charge in [-0.05, 0) is 18.2 Å². The van der Waals surface area contributed by atoms with Crippen LogP contribution in [-0.2, 0) is 0 Å².